The average Bonchev–Trinajstić information content (AvgIpc) is 2.95. The first-order chi connectivity index (χ1) is 19.4. The molecule has 2 atom stereocenters. The number of nitrogens with one attached hydrogen (secondary N) is 1. The van der Waals surface area contributed by atoms with Gasteiger partial charge >= 0.3 is 10.2 Å². The molecule has 0 fully saturated rings. The summed E-state index contributed by atoms with van der Waals surface area (Å²) < 4.78 is 28.9. The number of nitrogens with zero attached hydrogens (tertiary/aromatic N) is 3. The van der Waals surface area contributed by atoms with Crippen LogP contribution >= 0.6 is 23.2 Å². The predicted molar refractivity (Wildman–Crippen MR) is 165 cm³/mol. The van der Waals surface area contributed by atoms with Crippen LogP contribution in [0.4, 0.5) is 5.69 Å². The first-order valence-corrected chi connectivity index (χ1v) is 15.4. The van der Waals surface area contributed by atoms with Crippen LogP contribution in [0, 0.1) is 0 Å². The van der Waals surface area contributed by atoms with E-state index in [4.69, 9.17) is 23.2 Å². The number of para-hydroxylation sites is 1. The molecule has 0 saturated carbocycles. The summed E-state index contributed by atoms with van der Waals surface area (Å²) in [5, 5.41) is 3.66. The molecule has 3 aromatic rings. The number of carbonyl (C=O) groups is 2. The lowest BCUT2D eigenvalue weighted by Crippen LogP contribution is -2.55. The Bertz CT molecular complexity index is 1400. The van der Waals surface area contributed by atoms with Gasteiger partial charge in [-0.25, -0.2) is 4.31 Å². The lowest BCUT2D eigenvalue weighted by Gasteiger charge is -2.35. The second-order valence-corrected chi connectivity index (χ2v) is 12.8. The Morgan fingerprint density at radius 2 is 1.44 bits per heavy atom. The number of hydrogen-bond donors (Lipinski definition) is 1. The summed E-state index contributed by atoms with van der Waals surface area (Å²) in [6.45, 7) is 3.19. The zero-order valence-corrected chi connectivity index (χ0v) is 26.0. The van der Waals surface area contributed by atoms with Crippen molar-refractivity contribution in [1.82, 2.24) is 14.5 Å². The van der Waals surface area contributed by atoms with Gasteiger partial charge in [0.05, 0.1) is 5.69 Å². The Labute approximate surface area is 253 Å². The smallest absolute Gasteiger partial charge is 0.304 e. The second kappa shape index (κ2) is 14.7. The molecule has 0 radical (unpaired) electrons. The molecular formula is C30H36Cl2N4O4S. The van der Waals surface area contributed by atoms with E-state index in [9.17, 15) is 18.0 Å². The summed E-state index contributed by atoms with van der Waals surface area (Å²) in [6, 6.07) is 21.6. The Balaban J connectivity index is 2.13. The Hall–Kier alpha value is -3.11. The zero-order valence-electron chi connectivity index (χ0n) is 23.6. The number of rotatable bonds is 13. The van der Waals surface area contributed by atoms with Crippen molar-refractivity contribution in [2.24, 2.45) is 0 Å². The van der Waals surface area contributed by atoms with E-state index >= 15 is 0 Å². The van der Waals surface area contributed by atoms with Gasteiger partial charge in [0, 0.05) is 48.7 Å². The molecule has 3 aromatic carbocycles. The molecule has 220 valence electrons. The van der Waals surface area contributed by atoms with Crippen molar-refractivity contribution >= 4 is 50.9 Å². The van der Waals surface area contributed by atoms with Gasteiger partial charge in [0.15, 0.2) is 0 Å². The van der Waals surface area contributed by atoms with Gasteiger partial charge in [-0.3, -0.25) is 9.59 Å². The fraction of sp³-hybridized carbons (Fsp3) is 0.333. The van der Waals surface area contributed by atoms with Crippen LogP contribution in [0.1, 0.15) is 31.4 Å². The van der Waals surface area contributed by atoms with Gasteiger partial charge in [-0.15, -0.1) is 0 Å². The number of hydrogen-bond acceptors (Lipinski definition) is 4. The van der Waals surface area contributed by atoms with Crippen LogP contribution < -0.4 is 9.62 Å². The molecular weight excluding hydrogens is 583 g/mol. The van der Waals surface area contributed by atoms with Crippen LogP contribution in [0.5, 0.6) is 0 Å². The third kappa shape index (κ3) is 8.45. The Morgan fingerprint density at radius 3 is 1.98 bits per heavy atom. The van der Waals surface area contributed by atoms with Gasteiger partial charge < -0.3 is 10.2 Å². The van der Waals surface area contributed by atoms with Crippen LogP contribution in [0.3, 0.4) is 0 Å². The lowest BCUT2D eigenvalue weighted by atomic mass is 10.0. The van der Waals surface area contributed by atoms with Crippen LogP contribution in [0.15, 0.2) is 78.9 Å². The Morgan fingerprint density at radius 1 is 0.878 bits per heavy atom. The number of halogens is 2. The minimum absolute atomic E-state index is 0.104. The molecule has 0 spiro atoms. The molecule has 0 bridgehead atoms. The minimum Gasteiger partial charge on any atom is -0.352 e. The van der Waals surface area contributed by atoms with Gasteiger partial charge in [0.2, 0.25) is 11.8 Å². The highest BCUT2D eigenvalue weighted by atomic mass is 35.5. The molecule has 0 aliphatic rings. The van der Waals surface area contributed by atoms with Crippen molar-refractivity contribution in [1.29, 1.82) is 0 Å². The second-order valence-electron chi connectivity index (χ2n) is 9.88. The Kier molecular flexibility index (Phi) is 11.6. The number of amides is 2. The summed E-state index contributed by atoms with van der Waals surface area (Å²) in [5.41, 5.74) is 1.61. The molecule has 8 nitrogen and oxygen atoms in total. The van der Waals surface area contributed by atoms with E-state index in [-0.39, 0.29) is 24.9 Å². The van der Waals surface area contributed by atoms with Crippen LogP contribution in [0.2, 0.25) is 10.0 Å². The van der Waals surface area contributed by atoms with Crippen molar-refractivity contribution in [3.63, 3.8) is 0 Å². The highest BCUT2D eigenvalue weighted by Gasteiger charge is 2.35. The summed E-state index contributed by atoms with van der Waals surface area (Å²) >= 11 is 13.0. The minimum atomic E-state index is -4.07. The molecule has 41 heavy (non-hydrogen) atoms. The van der Waals surface area contributed by atoms with Crippen molar-refractivity contribution < 1.29 is 18.0 Å². The van der Waals surface area contributed by atoms with E-state index < -0.39 is 28.7 Å². The maximum Gasteiger partial charge on any atom is 0.304 e. The average molecular weight is 620 g/mol. The van der Waals surface area contributed by atoms with Gasteiger partial charge in [-0.1, -0.05) is 84.7 Å². The van der Waals surface area contributed by atoms with Crippen LogP contribution in [-0.4, -0.2) is 62.2 Å². The summed E-state index contributed by atoms with van der Waals surface area (Å²) in [7, 11) is -1.28. The van der Waals surface area contributed by atoms with Gasteiger partial charge in [0.1, 0.15) is 12.6 Å². The number of anilines is 1. The standard InChI is InChI=1S/C30H36Cl2N4O4S/c1-5-22(2)33-30(38)28(19-23-13-8-6-9-14-23)35(20-25-26(31)17-12-18-27(25)32)29(37)21-36(41(39,40)34(3)4)24-15-10-7-11-16-24/h6-18,22,28H,5,19-21H2,1-4H3,(H,33,38)/t22-,28+/m0/s1. The molecule has 0 saturated heterocycles. The third-order valence-corrected chi connectivity index (χ3v) is 9.25. The zero-order chi connectivity index (χ0) is 30.2. The maximum absolute atomic E-state index is 14.2. The monoisotopic (exact) mass is 618 g/mol. The highest BCUT2D eigenvalue weighted by molar-refractivity contribution is 7.90. The van der Waals surface area contributed by atoms with Crippen molar-refractivity contribution in [2.45, 2.75) is 45.3 Å². The van der Waals surface area contributed by atoms with E-state index in [1.807, 2.05) is 44.2 Å². The van der Waals surface area contributed by atoms with E-state index in [0.717, 1.165) is 14.2 Å². The van der Waals surface area contributed by atoms with E-state index in [1.54, 1.807) is 48.5 Å². The molecule has 0 unspecified atom stereocenters. The highest BCUT2D eigenvalue weighted by Crippen LogP contribution is 2.28. The lowest BCUT2D eigenvalue weighted by molar-refractivity contribution is -0.140. The molecule has 3 rings (SSSR count). The maximum atomic E-state index is 14.2. The molecule has 1 N–H and O–H groups in total. The fourth-order valence-corrected chi connectivity index (χ4v) is 5.73. The molecule has 11 heteroatoms. The van der Waals surface area contributed by atoms with E-state index in [1.165, 1.54) is 19.0 Å². The van der Waals surface area contributed by atoms with E-state index in [2.05, 4.69) is 5.32 Å². The molecule has 0 heterocycles. The topological polar surface area (TPSA) is 90.0 Å². The first kappa shape index (κ1) is 32.4. The summed E-state index contributed by atoms with van der Waals surface area (Å²) in [5.74, 6) is -0.947. The molecule has 2 amide bonds. The quantitative estimate of drug-likeness (QED) is 0.286. The van der Waals surface area contributed by atoms with Crippen LogP contribution in [-0.2, 0) is 32.8 Å². The van der Waals surface area contributed by atoms with Crippen LogP contribution in [0.25, 0.3) is 0 Å². The van der Waals surface area contributed by atoms with Gasteiger partial charge in [-0.2, -0.15) is 12.7 Å². The molecule has 0 aromatic heterocycles. The number of benzene rings is 3. The third-order valence-electron chi connectivity index (χ3n) is 6.73. The van der Waals surface area contributed by atoms with Crippen molar-refractivity contribution in [2.75, 3.05) is 24.9 Å². The van der Waals surface area contributed by atoms with Crippen molar-refractivity contribution in [3.8, 4) is 0 Å². The molecule has 0 aliphatic heterocycles. The molecule has 0 aliphatic carbocycles. The fourth-order valence-electron chi connectivity index (χ4n) is 4.16. The number of carbonyl (C=O) groups excluding carboxylic acids is 2. The van der Waals surface area contributed by atoms with Gasteiger partial charge in [0.25, 0.3) is 0 Å². The van der Waals surface area contributed by atoms with E-state index in [0.29, 0.717) is 27.7 Å². The van der Waals surface area contributed by atoms with Gasteiger partial charge in [-0.05, 0) is 43.2 Å². The first-order valence-electron chi connectivity index (χ1n) is 13.3. The predicted octanol–water partition coefficient (Wildman–Crippen LogP) is 5.16. The SMILES string of the molecule is CC[C@H](C)NC(=O)[C@@H](Cc1ccccc1)N(Cc1c(Cl)cccc1Cl)C(=O)CN(c1ccccc1)S(=O)(=O)N(C)C. The normalized spacial score (nSPS) is 13.0. The summed E-state index contributed by atoms with van der Waals surface area (Å²) in [6.07, 6.45) is 0.889. The van der Waals surface area contributed by atoms with Crippen molar-refractivity contribution in [3.05, 3.63) is 100 Å². The largest absolute Gasteiger partial charge is 0.352 e. The summed E-state index contributed by atoms with van der Waals surface area (Å²) in [4.78, 5) is 29.4.